The lowest BCUT2D eigenvalue weighted by Gasteiger charge is -2.26. The summed E-state index contributed by atoms with van der Waals surface area (Å²) < 4.78 is 41.7. The summed E-state index contributed by atoms with van der Waals surface area (Å²) in [6, 6.07) is 4.86. The lowest BCUT2D eigenvalue weighted by atomic mass is 10.0. The molecule has 0 unspecified atom stereocenters. The van der Waals surface area contributed by atoms with E-state index in [0.717, 1.165) is 11.1 Å². The van der Waals surface area contributed by atoms with E-state index in [0.29, 0.717) is 12.2 Å². The van der Waals surface area contributed by atoms with Crippen LogP contribution in [0.2, 0.25) is 0 Å². The maximum absolute atomic E-state index is 12.1. The number of fused-ring (bicyclic) bond motifs is 1. The first-order valence-corrected chi connectivity index (χ1v) is 5.46. The van der Waals surface area contributed by atoms with Gasteiger partial charge in [0.15, 0.2) is 0 Å². The number of carbonyl (C=O) groups excluding carboxylic acids is 1. The third-order valence-corrected chi connectivity index (χ3v) is 2.72. The summed E-state index contributed by atoms with van der Waals surface area (Å²) in [6.07, 6.45) is -4.51. The number of benzene rings is 1. The lowest BCUT2D eigenvalue weighted by molar-refractivity contribution is -0.174. The molecule has 6 heteroatoms. The van der Waals surface area contributed by atoms with Gasteiger partial charge in [-0.2, -0.15) is 13.2 Å². The van der Waals surface area contributed by atoms with Crippen molar-refractivity contribution in [2.45, 2.75) is 25.6 Å². The predicted octanol–water partition coefficient (Wildman–Crippen LogP) is 1.98. The van der Waals surface area contributed by atoms with Crippen LogP contribution in [0.3, 0.4) is 0 Å². The van der Waals surface area contributed by atoms with Crippen molar-refractivity contribution in [3.05, 3.63) is 29.3 Å². The number of carbonyl (C=O) groups is 1. The van der Waals surface area contributed by atoms with Gasteiger partial charge in [0, 0.05) is 0 Å². The van der Waals surface area contributed by atoms with E-state index in [1.807, 2.05) is 24.4 Å². The van der Waals surface area contributed by atoms with E-state index < -0.39 is 18.1 Å². The van der Waals surface area contributed by atoms with Crippen LogP contribution >= 0.6 is 0 Å². The fourth-order valence-electron chi connectivity index (χ4n) is 1.88. The van der Waals surface area contributed by atoms with Crippen molar-refractivity contribution < 1.29 is 22.7 Å². The highest BCUT2D eigenvalue weighted by Gasteiger charge is 2.40. The smallest absolute Gasteiger partial charge is 0.471 e. The number of ether oxygens (including phenoxy) is 1. The molecule has 0 fully saturated rings. The first-order chi connectivity index (χ1) is 8.36. The van der Waals surface area contributed by atoms with Gasteiger partial charge in [-0.25, -0.2) is 0 Å². The fourth-order valence-corrected chi connectivity index (χ4v) is 1.88. The van der Waals surface area contributed by atoms with E-state index in [-0.39, 0.29) is 6.61 Å². The number of hydrogen-bond acceptors (Lipinski definition) is 2. The van der Waals surface area contributed by atoms with Crippen molar-refractivity contribution in [3.8, 4) is 5.75 Å². The molecule has 1 amide bonds. The molecule has 1 atom stereocenters. The number of hydrogen-bond donors (Lipinski definition) is 1. The van der Waals surface area contributed by atoms with Crippen LogP contribution in [0.15, 0.2) is 18.2 Å². The normalized spacial score (nSPS) is 18.8. The average molecular weight is 259 g/mol. The van der Waals surface area contributed by atoms with E-state index in [1.165, 1.54) is 0 Å². The van der Waals surface area contributed by atoms with Gasteiger partial charge in [0.2, 0.25) is 0 Å². The highest BCUT2D eigenvalue weighted by molar-refractivity contribution is 5.82. The summed E-state index contributed by atoms with van der Waals surface area (Å²) in [5.41, 5.74) is 1.81. The number of halogens is 3. The molecule has 1 aliphatic rings. The zero-order valence-corrected chi connectivity index (χ0v) is 9.67. The van der Waals surface area contributed by atoms with Crippen LogP contribution in [0.25, 0.3) is 0 Å². The number of aryl methyl sites for hydroxylation is 1. The summed E-state index contributed by atoms with van der Waals surface area (Å²) >= 11 is 0. The number of amides is 1. The Balaban J connectivity index is 2.06. The maximum atomic E-state index is 12.1. The Labute approximate surface area is 102 Å². The van der Waals surface area contributed by atoms with Crippen molar-refractivity contribution in [1.82, 2.24) is 5.32 Å². The molecule has 1 aliphatic heterocycles. The van der Waals surface area contributed by atoms with Gasteiger partial charge < -0.3 is 10.1 Å². The van der Waals surface area contributed by atoms with Gasteiger partial charge >= 0.3 is 12.1 Å². The van der Waals surface area contributed by atoms with Gasteiger partial charge in [-0.05, 0) is 25.0 Å². The van der Waals surface area contributed by atoms with E-state index in [9.17, 15) is 18.0 Å². The quantitative estimate of drug-likeness (QED) is 0.837. The van der Waals surface area contributed by atoms with Crippen LogP contribution in [0.1, 0.15) is 11.1 Å². The van der Waals surface area contributed by atoms with Crippen molar-refractivity contribution in [2.75, 3.05) is 6.61 Å². The SMILES string of the molecule is Cc1ccc2c(c1)C[C@@H](NC(=O)C(F)(F)F)CO2. The molecule has 18 heavy (non-hydrogen) atoms. The molecule has 0 saturated carbocycles. The Morgan fingerprint density at radius 2 is 2.17 bits per heavy atom. The second kappa shape index (κ2) is 4.51. The van der Waals surface area contributed by atoms with Gasteiger partial charge in [0.1, 0.15) is 12.4 Å². The number of nitrogens with one attached hydrogen (secondary N) is 1. The second-order valence-electron chi connectivity index (χ2n) is 4.29. The molecule has 0 spiro atoms. The average Bonchev–Trinajstić information content (AvgIpc) is 2.27. The molecule has 0 aromatic heterocycles. The summed E-state index contributed by atoms with van der Waals surface area (Å²) in [5, 5.41) is 1.93. The maximum Gasteiger partial charge on any atom is 0.471 e. The van der Waals surface area contributed by atoms with Crippen LogP contribution < -0.4 is 10.1 Å². The predicted molar refractivity (Wildman–Crippen MR) is 58.4 cm³/mol. The summed E-state index contributed by atoms with van der Waals surface area (Å²) in [6.45, 7) is 1.94. The molecule has 1 aromatic rings. The van der Waals surface area contributed by atoms with Gasteiger partial charge in [-0.15, -0.1) is 0 Å². The van der Waals surface area contributed by atoms with Crippen LogP contribution in [0.5, 0.6) is 5.75 Å². The zero-order valence-electron chi connectivity index (χ0n) is 9.67. The molecule has 1 aromatic carbocycles. The molecule has 2 rings (SSSR count). The zero-order chi connectivity index (χ0) is 13.3. The molecule has 98 valence electrons. The molecule has 0 saturated heterocycles. The highest BCUT2D eigenvalue weighted by atomic mass is 19.4. The Morgan fingerprint density at radius 1 is 1.44 bits per heavy atom. The third-order valence-electron chi connectivity index (χ3n) is 2.72. The molecule has 3 nitrogen and oxygen atoms in total. The third kappa shape index (κ3) is 2.75. The summed E-state index contributed by atoms with van der Waals surface area (Å²) in [5.74, 6) is -1.26. The van der Waals surface area contributed by atoms with Crippen LogP contribution in [0.4, 0.5) is 13.2 Å². The van der Waals surface area contributed by atoms with Crippen molar-refractivity contribution in [3.63, 3.8) is 0 Å². The van der Waals surface area contributed by atoms with Crippen molar-refractivity contribution in [2.24, 2.45) is 0 Å². The summed E-state index contributed by atoms with van der Waals surface area (Å²) in [7, 11) is 0. The van der Waals surface area contributed by atoms with Crippen molar-refractivity contribution in [1.29, 1.82) is 0 Å². The Hall–Kier alpha value is -1.72. The van der Waals surface area contributed by atoms with E-state index >= 15 is 0 Å². The van der Waals surface area contributed by atoms with Crippen LogP contribution in [0, 0.1) is 6.92 Å². The first-order valence-electron chi connectivity index (χ1n) is 5.46. The lowest BCUT2D eigenvalue weighted by Crippen LogP contribution is -2.47. The Bertz CT molecular complexity index is 471. The number of alkyl halides is 3. The van der Waals surface area contributed by atoms with E-state index in [2.05, 4.69) is 0 Å². The van der Waals surface area contributed by atoms with Crippen LogP contribution in [-0.2, 0) is 11.2 Å². The topological polar surface area (TPSA) is 38.3 Å². The molecular formula is C12H12F3NO2. The minimum absolute atomic E-state index is 0.0535. The van der Waals surface area contributed by atoms with Crippen molar-refractivity contribution >= 4 is 5.91 Å². The molecule has 0 bridgehead atoms. The Morgan fingerprint density at radius 3 is 2.83 bits per heavy atom. The first kappa shape index (κ1) is 12.7. The number of rotatable bonds is 1. The minimum atomic E-state index is -4.85. The fraction of sp³-hybridized carbons (Fsp3) is 0.417. The van der Waals surface area contributed by atoms with Gasteiger partial charge in [-0.3, -0.25) is 4.79 Å². The molecule has 0 radical (unpaired) electrons. The van der Waals surface area contributed by atoms with Gasteiger partial charge in [-0.1, -0.05) is 17.7 Å². The van der Waals surface area contributed by atoms with Crippen LogP contribution in [-0.4, -0.2) is 24.7 Å². The molecular weight excluding hydrogens is 247 g/mol. The van der Waals surface area contributed by atoms with E-state index in [4.69, 9.17) is 4.74 Å². The van der Waals surface area contributed by atoms with Gasteiger partial charge in [0.05, 0.1) is 6.04 Å². The summed E-state index contributed by atoms with van der Waals surface area (Å²) in [4.78, 5) is 10.8. The standard InChI is InChI=1S/C12H12F3NO2/c1-7-2-3-10-8(4-7)5-9(6-18-10)16-11(17)12(13,14)15/h2-4,9H,5-6H2,1H3,(H,16,17)/t9-/m1/s1. The Kier molecular flexibility index (Phi) is 3.19. The monoisotopic (exact) mass is 259 g/mol. The second-order valence-corrected chi connectivity index (χ2v) is 4.29. The van der Waals surface area contributed by atoms with E-state index in [1.54, 1.807) is 6.07 Å². The molecule has 1 N–H and O–H groups in total. The van der Waals surface area contributed by atoms with Gasteiger partial charge in [0.25, 0.3) is 0 Å². The largest absolute Gasteiger partial charge is 0.491 e. The highest BCUT2D eigenvalue weighted by Crippen LogP contribution is 2.26. The molecule has 0 aliphatic carbocycles. The minimum Gasteiger partial charge on any atom is -0.491 e. The molecule has 1 heterocycles.